The molecule has 28 heavy (non-hydrogen) atoms. The van der Waals surface area contributed by atoms with Gasteiger partial charge in [-0.2, -0.15) is 0 Å². The van der Waals surface area contributed by atoms with Crippen LogP contribution in [0.25, 0.3) is 0 Å². The number of carbonyl (C=O) groups is 2. The zero-order chi connectivity index (χ0) is 20.1. The highest BCUT2D eigenvalue weighted by atomic mass is 19.1. The number of halogens is 1. The predicted octanol–water partition coefficient (Wildman–Crippen LogP) is 5.09. The average Bonchev–Trinajstić information content (AvgIpc) is 2.70. The molecule has 5 heteroatoms. The van der Waals surface area contributed by atoms with Crippen molar-refractivity contribution in [2.45, 2.75) is 57.7 Å². The van der Waals surface area contributed by atoms with E-state index in [9.17, 15) is 14.0 Å². The Morgan fingerprint density at radius 1 is 1.04 bits per heavy atom. The molecular formula is C23H25FO4. The molecule has 4 nitrogen and oxygen atoms in total. The van der Waals surface area contributed by atoms with E-state index in [1.807, 2.05) is 6.92 Å². The molecule has 1 aliphatic carbocycles. The van der Waals surface area contributed by atoms with E-state index in [2.05, 4.69) is 0 Å². The SMILES string of the molecule is CCC1(OC(C)=O)CCCCC1Oc1ccc(C(=O)c2ccc(F)cc2)cc1. The molecule has 1 saturated carbocycles. The Hall–Kier alpha value is -2.69. The maximum absolute atomic E-state index is 13.0. The molecule has 0 heterocycles. The number of hydrogen-bond donors (Lipinski definition) is 0. The molecular weight excluding hydrogens is 359 g/mol. The minimum absolute atomic E-state index is 0.174. The van der Waals surface area contributed by atoms with E-state index in [1.165, 1.54) is 31.2 Å². The fourth-order valence-corrected chi connectivity index (χ4v) is 3.84. The second kappa shape index (κ2) is 8.55. The fraction of sp³-hybridized carbons (Fsp3) is 0.391. The largest absolute Gasteiger partial charge is 0.486 e. The monoisotopic (exact) mass is 384 g/mol. The summed E-state index contributed by atoms with van der Waals surface area (Å²) in [4.78, 5) is 24.1. The summed E-state index contributed by atoms with van der Waals surface area (Å²) in [6.45, 7) is 3.44. The maximum atomic E-state index is 13.0. The Balaban J connectivity index is 1.74. The Bertz CT molecular complexity index is 829. The zero-order valence-corrected chi connectivity index (χ0v) is 16.2. The van der Waals surface area contributed by atoms with Crippen LogP contribution in [0.5, 0.6) is 5.75 Å². The molecule has 2 aromatic carbocycles. The van der Waals surface area contributed by atoms with E-state index in [-0.39, 0.29) is 23.7 Å². The average molecular weight is 384 g/mol. The van der Waals surface area contributed by atoms with Crippen LogP contribution in [0.2, 0.25) is 0 Å². The molecule has 0 aromatic heterocycles. The smallest absolute Gasteiger partial charge is 0.303 e. The number of benzene rings is 2. The molecule has 1 aliphatic rings. The number of ether oxygens (including phenoxy) is 2. The molecule has 2 aromatic rings. The summed E-state index contributed by atoms with van der Waals surface area (Å²) in [5.74, 6) is -0.211. The van der Waals surface area contributed by atoms with E-state index in [4.69, 9.17) is 9.47 Å². The van der Waals surface area contributed by atoms with Crippen molar-refractivity contribution in [2.75, 3.05) is 0 Å². The van der Waals surface area contributed by atoms with Gasteiger partial charge in [-0.1, -0.05) is 6.92 Å². The van der Waals surface area contributed by atoms with Crippen molar-refractivity contribution in [2.24, 2.45) is 0 Å². The third-order valence-electron chi connectivity index (χ3n) is 5.35. The molecule has 0 N–H and O–H groups in total. The Morgan fingerprint density at radius 3 is 2.21 bits per heavy atom. The van der Waals surface area contributed by atoms with E-state index in [1.54, 1.807) is 24.3 Å². The van der Waals surface area contributed by atoms with Crippen LogP contribution in [-0.4, -0.2) is 23.5 Å². The molecule has 0 bridgehead atoms. The van der Waals surface area contributed by atoms with Gasteiger partial charge in [0, 0.05) is 18.1 Å². The van der Waals surface area contributed by atoms with Crippen molar-refractivity contribution >= 4 is 11.8 Å². The van der Waals surface area contributed by atoms with Crippen LogP contribution in [0.15, 0.2) is 48.5 Å². The third-order valence-corrected chi connectivity index (χ3v) is 5.35. The van der Waals surface area contributed by atoms with Gasteiger partial charge in [-0.25, -0.2) is 4.39 Å². The molecule has 0 saturated heterocycles. The van der Waals surface area contributed by atoms with Crippen LogP contribution in [0, 0.1) is 5.82 Å². The zero-order valence-electron chi connectivity index (χ0n) is 16.2. The van der Waals surface area contributed by atoms with Crippen molar-refractivity contribution in [3.05, 3.63) is 65.5 Å². The highest BCUT2D eigenvalue weighted by molar-refractivity contribution is 6.08. The van der Waals surface area contributed by atoms with Crippen LogP contribution >= 0.6 is 0 Å². The van der Waals surface area contributed by atoms with Crippen molar-refractivity contribution in [1.29, 1.82) is 0 Å². The summed E-state index contributed by atoms with van der Waals surface area (Å²) in [6.07, 6.45) is 4.11. The molecule has 2 unspecified atom stereocenters. The molecule has 0 aliphatic heterocycles. The summed E-state index contributed by atoms with van der Waals surface area (Å²) in [5, 5.41) is 0. The first kappa shape index (κ1) is 20.1. The Kier molecular flexibility index (Phi) is 6.12. The van der Waals surface area contributed by atoms with Gasteiger partial charge in [-0.15, -0.1) is 0 Å². The van der Waals surface area contributed by atoms with Gasteiger partial charge in [0.15, 0.2) is 5.78 Å². The summed E-state index contributed by atoms with van der Waals surface area (Å²) in [6, 6.07) is 12.4. The highest BCUT2D eigenvalue weighted by Gasteiger charge is 2.44. The molecule has 0 radical (unpaired) electrons. The molecule has 1 fully saturated rings. The second-order valence-electron chi connectivity index (χ2n) is 7.22. The van der Waals surface area contributed by atoms with Crippen LogP contribution in [0.1, 0.15) is 61.9 Å². The van der Waals surface area contributed by atoms with Crippen molar-refractivity contribution in [3.63, 3.8) is 0 Å². The van der Waals surface area contributed by atoms with E-state index >= 15 is 0 Å². The molecule has 0 amide bonds. The lowest BCUT2D eigenvalue weighted by Gasteiger charge is -2.42. The third kappa shape index (κ3) is 4.41. The quantitative estimate of drug-likeness (QED) is 0.514. The van der Waals surface area contributed by atoms with Crippen molar-refractivity contribution in [1.82, 2.24) is 0 Å². The van der Waals surface area contributed by atoms with Gasteiger partial charge in [-0.05, 0) is 80.6 Å². The molecule has 2 atom stereocenters. The fourth-order valence-electron chi connectivity index (χ4n) is 3.84. The lowest BCUT2D eigenvalue weighted by Crippen LogP contribution is -2.50. The predicted molar refractivity (Wildman–Crippen MR) is 104 cm³/mol. The number of hydrogen-bond acceptors (Lipinski definition) is 4. The van der Waals surface area contributed by atoms with E-state index in [0.29, 0.717) is 23.3 Å². The lowest BCUT2D eigenvalue weighted by molar-refractivity contribution is -0.175. The van der Waals surface area contributed by atoms with Gasteiger partial charge in [-0.3, -0.25) is 9.59 Å². The summed E-state index contributed by atoms with van der Waals surface area (Å²) in [5.41, 5.74) is 0.332. The molecule has 0 spiro atoms. The van der Waals surface area contributed by atoms with Gasteiger partial charge in [0.25, 0.3) is 0 Å². The van der Waals surface area contributed by atoms with Gasteiger partial charge >= 0.3 is 5.97 Å². The van der Waals surface area contributed by atoms with Crippen LogP contribution < -0.4 is 4.74 Å². The number of esters is 1. The highest BCUT2D eigenvalue weighted by Crippen LogP contribution is 2.37. The van der Waals surface area contributed by atoms with Gasteiger partial charge in [0.2, 0.25) is 0 Å². The van der Waals surface area contributed by atoms with Crippen LogP contribution in [0.3, 0.4) is 0 Å². The van der Waals surface area contributed by atoms with Gasteiger partial charge in [0.05, 0.1) is 0 Å². The number of rotatable bonds is 6. The second-order valence-corrected chi connectivity index (χ2v) is 7.22. The number of carbonyl (C=O) groups excluding carboxylic acids is 2. The minimum Gasteiger partial charge on any atom is -0.486 e. The molecule has 3 rings (SSSR count). The summed E-state index contributed by atoms with van der Waals surface area (Å²) < 4.78 is 24.9. The molecule has 148 valence electrons. The van der Waals surface area contributed by atoms with Gasteiger partial charge in [0.1, 0.15) is 23.3 Å². The summed E-state index contributed by atoms with van der Waals surface area (Å²) in [7, 11) is 0. The van der Waals surface area contributed by atoms with Crippen LogP contribution in [-0.2, 0) is 9.53 Å². The minimum atomic E-state index is -0.604. The summed E-state index contributed by atoms with van der Waals surface area (Å²) >= 11 is 0. The normalized spacial score (nSPS) is 21.8. The standard InChI is InChI=1S/C23H25FO4/c1-3-23(28-16(2)25)15-5-4-6-21(23)27-20-13-9-18(10-14-20)22(26)17-7-11-19(24)12-8-17/h7-14,21H,3-6,15H2,1-2H3. The first-order valence-electron chi connectivity index (χ1n) is 9.70. The maximum Gasteiger partial charge on any atom is 0.303 e. The van der Waals surface area contributed by atoms with Crippen molar-refractivity contribution in [3.8, 4) is 5.75 Å². The first-order chi connectivity index (χ1) is 13.4. The Morgan fingerprint density at radius 2 is 1.64 bits per heavy atom. The first-order valence-corrected chi connectivity index (χ1v) is 9.70. The lowest BCUT2D eigenvalue weighted by atomic mass is 9.80. The Labute approximate surface area is 164 Å². The van der Waals surface area contributed by atoms with Gasteiger partial charge < -0.3 is 9.47 Å². The van der Waals surface area contributed by atoms with E-state index in [0.717, 1.165) is 25.7 Å². The van der Waals surface area contributed by atoms with Crippen LogP contribution in [0.4, 0.5) is 4.39 Å². The topological polar surface area (TPSA) is 52.6 Å². The number of ketones is 1. The van der Waals surface area contributed by atoms with Crippen molar-refractivity contribution < 1.29 is 23.5 Å². The van der Waals surface area contributed by atoms with E-state index < -0.39 is 5.60 Å².